The topological polar surface area (TPSA) is 74.3 Å². The molecule has 1 saturated heterocycles. The highest BCUT2D eigenvalue weighted by Gasteiger charge is 2.26. The lowest BCUT2D eigenvalue weighted by Gasteiger charge is -2.31. The van der Waals surface area contributed by atoms with Crippen molar-refractivity contribution in [3.63, 3.8) is 0 Å². The van der Waals surface area contributed by atoms with E-state index in [1.165, 1.54) is 17.0 Å². The minimum atomic E-state index is -4.50. The Kier molecular flexibility index (Phi) is 6.17. The Hall–Kier alpha value is -2.63. The second-order valence-corrected chi connectivity index (χ2v) is 9.45. The zero-order valence-corrected chi connectivity index (χ0v) is 17.9. The summed E-state index contributed by atoms with van der Waals surface area (Å²) in [5.41, 5.74) is 2.58. The van der Waals surface area contributed by atoms with Gasteiger partial charge in [-0.15, -0.1) is 11.3 Å². The molecule has 2 N–H and O–H groups in total. The van der Waals surface area contributed by atoms with Crippen molar-refractivity contribution < 1.29 is 21.6 Å². The Bertz CT molecular complexity index is 1160. The summed E-state index contributed by atoms with van der Waals surface area (Å²) in [5.74, 6) is -2.97. The molecule has 31 heavy (non-hydrogen) atoms. The number of sulfonamides is 1. The van der Waals surface area contributed by atoms with Gasteiger partial charge in [0, 0.05) is 29.7 Å². The number of nitrogens with zero attached hydrogens (tertiary/aromatic N) is 2. The maximum atomic E-state index is 14.5. The fourth-order valence-electron chi connectivity index (χ4n) is 3.29. The largest absolute Gasteiger partial charge is 0.381 e. The molecule has 3 aromatic rings. The number of anilines is 2. The highest BCUT2D eigenvalue weighted by atomic mass is 32.2. The van der Waals surface area contributed by atoms with E-state index in [1.54, 1.807) is 6.07 Å². The predicted octanol–water partition coefficient (Wildman–Crippen LogP) is 4.18. The molecule has 1 fully saturated rings. The van der Waals surface area contributed by atoms with E-state index in [0.29, 0.717) is 12.1 Å². The molecule has 1 aromatic heterocycles. The van der Waals surface area contributed by atoms with E-state index in [1.807, 2.05) is 10.8 Å². The molecule has 0 bridgehead atoms. The molecule has 0 radical (unpaired) electrons. The summed E-state index contributed by atoms with van der Waals surface area (Å²) >= 11 is 1.13. The molecule has 0 unspecified atom stereocenters. The van der Waals surface area contributed by atoms with Gasteiger partial charge < -0.3 is 5.32 Å². The summed E-state index contributed by atoms with van der Waals surface area (Å²) in [6.07, 6.45) is 1.11. The second-order valence-electron chi connectivity index (χ2n) is 7.11. The Balaban J connectivity index is 1.53. The molecule has 0 spiro atoms. The Morgan fingerprint density at radius 3 is 2.45 bits per heavy atom. The van der Waals surface area contributed by atoms with Gasteiger partial charge in [0.05, 0.1) is 5.51 Å². The first-order chi connectivity index (χ1) is 14.8. The van der Waals surface area contributed by atoms with Gasteiger partial charge >= 0.3 is 0 Å². The van der Waals surface area contributed by atoms with Crippen molar-refractivity contribution >= 4 is 32.9 Å². The SMILES string of the molecule is O=S(=O)(Nc1cscn1)c1c(F)cc(NCc2c(F)cccc2CN2CCC2)cc1F. The average molecular weight is 469 g/mol. The highest BCUT2D eigenvalue weighted by Crippen LogP contribution is 2.26. The fourth-order valence-corrected chi connectivity index (χ4v) is 4.97. The summed E-state index contributed by atoms with van der Waals surface area (Å²) in [6.45, 7) is 2.49. The molecule has 0 aliphatic carbocycles. The van der Waals surface area contributed by atoms with Crippen LogP contribution in [0.1, 0.15) is 17.5 Å². The van der Waals surface area contributed by atoms with Crippen molar-refractivity contribution in [2.75, 3.05) is 23.1 Å². The van der Waals surface area contributed by atoms with Gasteiger partial charge in [0.1, 0.15) is 17.5 Å². The van der Waals surface area contributed by atoms with Crippen LogP contribution in [0.4, 0.5) is 24.7 Å². The molecule has 2 aromatic carbocycles. The zero-order chi connectivity index (χ0) is 22.0. The monoisotopic (exact) mass is 468 g/mol. The van der Waals surface area contributed by atoms with Crippen LogP contribution in [-0.2, 0) is 23.1 Å². The summed E-state index contributed by atoms with van der Waals surface area (Å²) in [7, 11) is -4.50. The number of hydrogen-bond donors (Lipinski definition) is 2. The normalized spacial score (nSPS) is 14.3. The van der Waals surface area contributed by atoms with E-state index < -0.39 is 32.4 Å². The molecule has 2 heterocycles. The van der Waals surface area contributed by atoms with Crippen molar-refractivity contribution in [1.29, 1.82) is 0 Å². The maximum Gasteiger partial charge on any atom is 0.268 e. The summed E-state index contributed by atoms with van der Waals surface area (Å²) in [6, 6.07) is 6.52. The molecule has 11 heteroatoms. The van der Waals surface area contributed by atoms with E-state index in [0.717, 1.165) is 48.5 Å². The highest BCUT2D eigenvalue weighted by molar-refractivity contribution is 7.92. The van der Waals surface area contributed by atoms with Crippen molar-refractivity contribution in [2.24, 2.45) is 0 Å². The Morgan fingerprint density at radius 1 is 1.10 bits per heavy atom. The molecule has 0 atom stereocenters. The molecule has 164 valence electrons. The van der Waals surface area contributed by atoms with E-state index in [9.17, 15) is 21.6 Å². The number of aromatic nitrogens is 1. The van der Waals surface area contributed by atoms with Crippen LogP contribution in [-0.4, -0.2) is 31.4 Å². The number of hydrogen-bond acceptors (Lipinski definition) is 6. The first-order valence-corrected chi connectivity index (χ1v) is 11.9. The third kappa shape index (κ3) is 4.83. The van der Waals surface area contributed by atoms with Crippen molar-refractivity contribution in [3.8, 4) is 0 Å². The average Bonchev–Trinajstić information content (AvgIpc) is 3.15. The first kappa shape index (κ1) is 21.6. The summed E-state index contributed by atoms with van der Waals surface area (Å²) in [4.78, 5) is 4.82. The van der Waals surface area contributed by atoms with Crippen LogP contribution in [0, 0.1) is 17.5 Å². The molecule has 0 amide bonds. The van der Waals surface area contributed by atoms with Crippen molar-refractivity contribution in [2.45, 2.75) is 24.4 Å². The number of benzene rings is 2. The summed E-state index contributed by atoms with van der Waals surface area (Å²) < 4.78 is 70.2. The number of halogens is 3. The third-order valence-corrected chi connectivity index (χ3v) is 6.96. The van der Waals surface area contributed by atoms with Crippen LogP contribution in [0.2, 0.25) is 0 Å². The van der Waals surface area contributed by atoms with Crippen LogP contribution >= 0.6 is 11.3 Å². The molecular formula is C20H19F3N4O2S2. The fraction of sp³-hybridized carbons (Fsp3) is 0.250. The number of nitrogens with one attached hydrogen (secondary N) is 2. The maximum absolute atomic E-state index is 14.5. The molecule has 4 rings (SSSR count). The van der Waals surface area contributed by atoms with Gasteiger partial charge in [-0.05, 0) is 43.3 Å². The van der Waals surface area contributed by atoms with Crippen LogP contribution < -0.4 is 10.0 Å². The number of rotatable bonds is 8. The molecule has 1 aliphatic heterocycles. The van der Waals surface area contributed by atoms with E-state index >= 15 is 0 Å². The van der Waals surface area contributed by atoms with Crippen molar-refractivity contribution in [1.82, 2.24) is 9.88 Å². The van der Waals surface area contributed by atoms with Gasteiger partial charge in [-0.25, -0.2) is 26.6 Å². The quantitative estimate of drug-likeness (QED) is 0.519. The van der Waals surface area contributed by atoms with Crippen LogP contribution in [0.15, 0.2) is 46.1 Å². The minimum absolute atomic E-state index is 0.000705. The lowest BCUT2D eigenvalue weighted by atomic mass is 10.0. The lowest BCUT2D eigenvalue weighted by Crippen LogP contribution is -2.36. The smallest absolute Gasteiger partial charge is 0.268 e. The van der Waals surface area contributed by atoms with Gasteiger partial charge in [-0.3, -0.25) is 9.62 Å². The zero-order valence-electron chi connectivity index (χ0n) is 16.2. The van der Waals surface area contributed by atoms with Gasteiger partial charge in [-0.2, -0.15) is 0 Å². The number of likely N-dealkylation sites (tertiary alicyclic amines) is 1. The Morgan fingerprint density at radius 2 is 1.84 bits per heavy atom. The molecular weight excluding hydrogens is 449 g/mol. The van der Waals surface area contributed by atoms with E-state index in [4.69, 9.17) is 0 Å². The lowest BCUT2D eigenvalue weighted by molar-refractivity contribution is 0.172. The van der Waals surface area contributed by atoms with Crippen LogP contribution in [0.25, 0.3) is 0 Å². The van der Waals surface area contributed by atoms with Gasteiger partial charge in [0.25, 0.3) is 10.0 Å². The van der Waals surface area contributed by atoms with E-state index in [-0.39, 0.29) is 18.1 Å². The van der Waals surface area contributed by atoms with Gasteiger partial charge in [0.15, 0.2) is 10.7 Å². The van der Waals surface area contributed by atoms with Gasteiger partial charge in [0.2, 0.25) is 0 Å². The van der Waals surface area contributed by atoms with Crippen LogP contribution in [0.5, 0.6) is 0 Å². The van der Waals surface area contributed by atoms with E-state index in [2.05, 4.69) is 15.2 Å². The molecule has 0 saturated carbocycles. The molecule has 6 nitrogen and oxygen atoms in total. The van der Waals surface area contributed by atoms with Crippen molar-refractivity contribution in [3.05, 3.63) is 69.8 Å². The number of thiazole rings is 1. The standard InChI is InChI=1S/C20H19F3N4O2S2/c21-16-4-1-3-13(10-27-5-2-6-27)15(16)9-24-14-7-17(22)20(18(23)8-14)31(28,29)26-19-11-30-12-25-19/h1,3-4,7-8,11-12,24,26H,2,5-6,9-10H2. The first-order valence-electron chi connectivity index (χ1n) is 9.46. The minimum Gasteiger partial charge on any atom is -0.381 e. The van der Waals surface area contributed by atoms with Crippen LogP contribution in [0.3, 0.4) is 0 Å². The van der Waals surface area contributed by atoms with Gasteiger partial charge in [-0.1, -0.05) is 12.1 Å². The predicted molar refractivity (Wildman–Crippen MR) is 113 cm³/mol. The second kappa shape index (κ2) is 8.85. The molecule has 1 aliphatic rings. The Labute approximate surface area is 181 Å². The summed E-state index contributed by atoms with van der Waals surface area (Å²) in [5, 5.41) is 4.19. The third-order valence-electron chi connectivity index (χ3n) is 4.97.